The van der Waals surface area contributed by atoms with Crippen LogP contribution in [0.25, 0.3) is 0 Å². The Labute approximate surface area is 160 Å². The molecule has 2 atom stereocenters. The number of rotatable bonds is 5. The molecule has 2 aliphatic heterocycles. The number of hydrogen-bond acceptors (Lipinski definition) is 5. The van der Waals surface area contributed by atoms with Crippen molar-refractivity contribution in [2.24, 2.45) is 5.92 Å². The van der Waals surface area contributed by atoms with E-state index in [0.29, 0.717) is 23.5 Å². The number of nitrogens with zero attached hydrogens (tertiary/aromatic N) is 3. The van der Waals surface area contributed by atoms with Crippen molar-refractivity contribution in [3.05, 3.63) is 48.3 Å². The van der Waals surface area contributed by atoms with Crippen LogP contribution in [0.5, 0.6) is 0 Å². The normalized spacial score (nSPS) is 22.7. The summed E-state index contributed by atoms with van der Waals surface area (Å²) in [6.45, 7) is 3.24. The maximum atomic E-state index is 12.5. The van der Waals surface area contributed by atoms with Gasteiger partial charge in [0.1, 0.15) is 0 Å². The lowest BCUT2D eigenvalue weighted by Crippen LogP contribution is -2.51. The van der Waals surface area contributed by atoms with E-state index < -0.39 is 0 Å². The van der Waals surface area contributed by atoms with Crippen LogP contribution in [0.15, 0.2) is 42.7 Å². The summed E-state index contributed by atoms with van der Waals surface area (Å²) in [5.74, 6) is 1.13. The number of nitrogens with one attached hydrogen (secondary N) is 2. The van der Waals surface area contributed by atoms with Gasteiger partial charge >= 0.3 is 0 Å². The number of aromatic nitrogens is 2. The Morgan fingerprint density at radius 3 is 2.63 bits per heavy atom. The fourth-order valence-electron chi connectivity index (χ4n) is 4.34. The lowest BCUT2D eigenvalue weighted by Gasteiger charge is -2.44. The van der Waals surface area contributed by atoms with E-state index in [1.54, 1.807) is 18.5 Å². The number of piperidine rings is 2. The summed E-state index contributed by atoms with van der Waals surface area (Å²) in [5.41, 5.74) is 1.55. The maximum absolute atomic E-state index is 12.5. The molecule has 0 spiro atoms. The number of fused-ring (bicyclic) bond motifs is 1. The van der Waals surface area contributed by atoms with Crippen LogP contribution in [0.3, 0.4) is 0 Å². The Morgan fingerprint density at radius 1 is 1.04 bits per heavy atom. The molecule has 0 unspecified atom stereocenters. The molecule has 1 aromatic carbocycles. The molecule has 2 aliphatic rings. The number of benzene rings is 1. The Kier molecular flexibility index (Phi) is 5.63. The van der Waals surface area contributed by atoms with E-state index in [4.69, 9.17) is 0 Å². The quantitative estimate of drug-likeness (QED) is 0.851. The minimum atomic E-state index is 0.00504. The molecule has 0 saturated carbocycles. The van der Waals surface area contributed by atoms with Gasteiger partial charge in [-0.25, -0.2) is 9.97 Å². The minimum Gasteiger partial charge on any atom is -0.352 e. The third-order valence-electron chi connectivity index (χ3n) is 5.72. The molecule has 2 aromatic rings. The van der Waals surface area contributed by atoms with Crippen molar-refractivity contribution < 1.29 is 4.79 Å². The third kappa shape index (κ3) is 4.45. The predicted octanol–water partition coefficient (Wildman–Crippen LogP) is 3.21. The number of hydrogen-bond donors (Lipinski definition) is 2. The summed E-state index contributed by atoms with van der Waals surface area (Å²) < 4.78 is 0. The molecule has 6 heteroatoms. The smallest absolute Gasteiger partial charge is 0.251 e. The van der Waals surface area contributed by atoms with Crippen molar-refractivity contribution in [2.45, 2.75) is 38.1 Å². The molecular formula is C21H27N5O. The van der Waals surface area contributed by atoms with Gasteiger partial charge in [-0.1, -0.05) is 6.42 Å². The van der Waals surface area contributed by atoms with Gasteiger partial charge in [0.15, 0.2) is 0 Å². The zero-order valence-corrected chi connectivity index (χ0v) is 15.6. The first-order chi connectivity index (χ1) is 13.3. The number of carbonyl (C=O) groups is 1. The number of carbonyl (C=O) groups excluding carboxylic acids is 1. The molecule has 1 aromatic heterocycles. The van der Waals surface area contributed by atoms with Crippen LogP contribution in [0.2, 0.25) is 0 Å². The Hall–Kier alpha value is -2.47. The first-order valence-electron chi connectivity index (χ1n) is 9.96. The van der Waals surface area contributed by atoms with Crippen molar-refractivity contribution in [3.63, 3.8) is 0 Å². The van der Waals surface area contributed by atoms with Crippen molar-refractivity contribution >= 4 is 17.5 Å². The molecule has 0 radical (unpaired) electrons. The van der Waals surface area contributed by atoms with Crippen molar-refractivity contribution in [1.29, 1.82) is 0 Å². The standard InChI is InChI=1S/C21H27N5O/c27-20(24-15-17-5-3-14-26-13-2-1-6-19(17)26)16-7-9-18(10-8-16)25-21-22-11-4-12-23-21/h4,7-12,17,19H,1-3,5-6,13-15H2,(H,24,27)(H,22,23,25)/t17-,19+/m0/s1. The molecule has 2 N–H and O–H groups in total. The van der Waals surface area contributed by atoms with E-state index in [1.165, 1.54) is 45.2 Å². The Balaban J connectivity index is 1.31. The summed E-state index contributed by atoms with van der Waals surface area (Å²) in [4.78, 5) is 23.5. The molecule has 0 aliphatic carbocycles. The van der Waals surface area contributed by atoms with Gasteiger partial charge in [0.25, 0.3) is 5.91 Å². The largest absolute Gasteiger partial charge is 0.352 e. The fraction of sp³-hybridized carbons (Fsp3) is 0.476. The second-order valence-corrected chi connectivity index (χ2v) is 7.49. The molecular weight excluding hydrogens is 338 g/mol. The molecule has 1 amide bonds. The van der Waals surface area contributed by atoms with Crippen LogP contribution >= 0.6 is 0 Å². The van der Waals surface area contributed by atoms with Crippen molar-refractivity contribution in [3.8, 4) is 0 Å². The van der Waals surface area contributed by atoms with Crippen LogP contribution in [0.1, 0.15) is 42.5 Å². The fourth-order valence-corrected chi connectivity index (χ4v) is 4.34. The number of amides is 1. The lowest BCUT2D eigenvalue weighted by atomic mass is 9.83. The topological polar surface area (TPSA) is 70.2 Å². The second kappa shape index (κ2) is 8.48. The van der Waals surface area contributed by atoms with Crippen LogP contribution in [-0.2, 0) is 0 Å². The molecule has 0 bridgehead atoms. The van der Waals surface area contributed by atoms with Crippen LogP contribution in [-0.4, -0.2) is 46.5 Å². The van der Waals surface area contributed by atoms with E-state index in [0.717, 1.165) is 12.2 Å². The highest BCUT2D eigenvalue weighted by Crippen LogP contribution is 2.30. The van der Waals surface area contributed by atoms with E-state index in [1.807, 2.05) is 24.3 Å². The Bertz CT molecular complexity index is 747. The summed E-state index contributed by atoms with van der Waals surface area (Å²) in [6, 6.07) is 9.88. The van der Waals surface area contributed by atoms with Crippen LogP contribution < -0.4 is 10.6 Å². The molecule has 6 nitrogen and oxygen atoms in total. The highest BCUT2D eigenvalue weighted by molar-refractivity contribution is 5.94. The third-order valence-corrected chi connectivity index (χ3v) is 5.72. The van der Waals surface area contributed by atoms with Gasteiger partial charge in [0.05, 0.1) is 0 Å². The SMILES string of the molecule is O=C(NC[C@@H]1CCCN2CCCC[C@H]12)c1ccc(Nc2ncccn2)cc1. The molecule has 142 valence electrons. The van der Waals surface area contributed by atoms with Gasteiger partial charge in [-0.05, 0) is 75.0 Å². The Morgan fingerprint density at radius 2 is 1.81 bits per heavy atom. The number of anilines is 2. The first kappa shape index (κ1) is 17.9. The van der Waals surface area contributed by atoms with Gasteiger partial charge in [0, 0.05) is 36.2 Å². The monoisotopic (exact) mass is 365 g/mol. The zero-order chi connectivity index (χ0) is 18.5. The van der Waals surface area contributed by atoms with E-state index in [-0.39, 0.29) is 5.91 Å². The van der Waals surface area contributed by atoms with E-state index in [2.05, 4.69) is 25.5 Å². The summed E-state index contributed by atoms with van der Waals surface area (Å²) in [7, 11) is 0. The molecule has 4 rings (SSSR count). The van der Waals surface area contributed by atoms with Gasteiger partial charge < -0.3 is 15.5 Å². The summed E-state index contributed by atoms with van der Waals surface area (Å²) in [6.07, 6.45) is 9.78. The lowest BCUT2D eigenvalue weighted by molar-refractivity contribution is 0.0575. The van der Waals surface area contributed by atoms with Crippen molar-refractivity contribution in [2.75, 3.05) is 25.0 Å². The average molecular weight is 365 g/mol. The maximum Gasteiger partial charge on any atom is 0.251 e. The van der Waals surface area contributed by atoms with Gasteiger partial charge in [-0.3, -0.25) is 4.79 Å². The van der Waals surface area contributed by atoms with Crippen molar-refractivity contribution in [1.82, 2.24) is 20.2 Å². The highest BCUT2D eigenvalue weighted by Gasteiger charge is 2.32. The summed E-state index contributed by atoms with van der Waals surface area (Å²) >= 11 is 0. The van der Waals surface area contributed by atoms with E-state index >= 15 is 0 Å². The average Bonchev–Trinajstić information content (AvgIpc) is 2.73. The molecule has 27 heavy (non-hydrogen) atoms. The summed E-state index contributed by atoms with van der Waals surface area (Å²) in [5, 5.41) is 6.29. The molecule has 3 heterocycles. The van der Waals surface area contributed by atoms with Gasteiger partial charge in [0.2, 0.25) is 5.95 Å². The van der Waals surface area contributed by atoms with Gasteiger partial charge in [-0.2, -0.15) is 0 Å². The van der Waals surface area contributed by atoms with Crippen LogP contribution in [0, 0.1) is 5.92 Å². The first-order valence-corrected chi connectivity index (χ1v) is 9.96. The zero-order valence-electron chi connectivity index (χ0n) is 15.6. The van der Waals surface area contributed by atoms with E-state index in [9.17, 15) is 4.79 Å². The minimum absolute atomic E-state index is 0.00504. The molecule has 2 fully saturated rings. The molecule has 2 saturated heterocycles. The van der Waals surface area contributed by atoms with Crippen LogP contribution in [0.4, 0.5) is 11.6 Å². The van der Waals surface area contributed by atoms with Gasteiger partial charge in [-0.15, -0.1) is 0 Å². The second-order valence-electron chi connectivity index (χ2n) is 7.49. The highest BCUT2D eigenvalue weighted by atomic mass is 16.1. The predicted molar refractivity (Wildman–Crippen MR) is 106 cm³/mol.